The summed E-state index contributed by atoms with van der Waals surface area (Å²) >= 11 is 0. The third-order valence-electron chi connectivity index (χ3n) is 4.36. The van der Waals surface area contributed by atoms with Gasteiger partial charge in [0.15, 0.2) is 0 Å². The molecule has 0 saturated carbocycles. The zero-order valence-corrected chi connectivity index (χ0v) is 17.6. The molecule has 14 heteroatoms. The van der Waals surface area contributed by atoms with E-state index in [2.05, 4.69) is 3.63 Å². The van der Waals surface area contributed by atoms with Crippen LogP contribution in [0.5, 0.6) is 0 Å². The van der Waals surface area contributed by atoms with E-state index in [1.165, 1.54) is 24.3 Å². The fourth-order valence-electron chi connectivity index (χ4n) is 2.71. The summed E-state index contributed by atoms with van der Waals surface area (Å²) in [7, 11) is -10.1. The van der Waals surface area contributed by atoms with Gasteiger partial charge in [0.25, 0.3) is 0 Å². The second-order valence-electron chi connectivity index (χ2n) is 6.91. The van der Waals surface area contributed by atoms with Crippen molar-refractivity contribution in [2.75, 3.05) is 12.5 Å². The predicted octanol–water partition coefficient (Wildman–Crippen LogP) is 6.34. The van der Waals surface area contributed by atoms with Crippen molar-refractivity contribution in [3.63, 3.8) is 0 Å². The van der Waals surface area contributed by atoms with Crippen molar-refractivity contribution in [1.29, 1.82) is 0 Å². The van der Waals surface area contributed by atoms with Gasteiger partial charge in [-0.1, -0.05) is 30.3 Å². The van der Waals surface area contributed by atoms with Gasteiger partial charge in [-0.05, 0) is 23.9 Å². The van der Waals surface area contributed by atoms with Crippen molar-refractivity contribution in [3.8, 4) is 0 Å². The zero-order chi connectivity index (χ0) is 24.3. The first kappa shape index (κ1) is 25.6. The van der Waals surface area contributed by atoms with Crippen LogP contribution in [-0.4, -0.2) is 47.8 Å². The van der Waals surface area contributed by atoms with Gasteiger partial charge < -0.3 is 0 Å². The lowest BCUT2D eigenvalue weighted by molar-refractivity contribution is -0.382. The number of rotatable bonds is 6. The van der Waals surface area contributed by atoms with Crippen molar-refractivity contribution < 1.29 is 51.6 Å². The lowest BCUT2D eigenvalue weighted by Gasteiger charge is -2.34. The molecule has 0 aromatic heterocycles. The SMILES string of the molecule is Cc1ccc(S(C)(C)[OH+]S(=O)(=O)C(F)(F)C(F)(F)C(F)(F)C(F)(F)F)c2ccccc12. The molecule has 0 radical (unpaired) electrons. The highest BCUT2D eigenvalue weighted by atomic mass is 32.3. The van der Waals surface area contributed by atoms with Crippen molar-refractivity contribution in [2.45, 2.75) is 35.1 Å². The van der Waals surface area contributed by atoms with E-state index in [1.807, 2.05) is 0 Å². The molecule has 0 atom stereocenters. The maximum Gasteiger partial charge on any atom is 0.486 e. The van der Waals surface area contributed by atoms with Crippen LogP contribution in [0.1, 0.15) is 5.56 Å². The maximum absolute atomic E-state index is 14.0. The lowest BCUT2D eigenvalue weighted by Crippen LogP contribution is -2.63. The lowest BCUT2D eigenvalue weighted by atomic mass is 10.1. The third-order valence-corrected chi connectivity index (χ3v) is 8.98. The molecule has 3 nitrogen and oxygen atoms in total. The van der Waals surface area contributed by atoms with Crippen LogP contribution in [0.25, 0.3) is 10.8 Å². The monoisotopic (exact) mass is 503 g/mol. The average Bonchev–Trinajstić information content (AvgIpc) is 2.59. The molecule has 2 aromatic carbocycles. The van der Waals surface area contributed by atoms with Crippen molar-refractivity contribution >= 4 is 31.2 Å². The Morgan fingerprint density at radius 1 is 0.742 bits per heavy atom. The van der Waals surface area contributed by atoms with E-state index in [0.29, 0.717) is 16.3 Å². The van der Waals surface area contributed by atoms with Crippen LogP contribution in [-0.2, 0) is 10.1 Å². The van der Waals surface area contributed by atoms with Crippen LogP contribution < -0.4 is 0 Å². The summed E-state index contributed by atoms with van der Waals surface area (Å²) in [4.78, 5) is 0.0268. The van der Waals surface area contributed by atoms with Gasteiger partial charge in [-0.15, -0.1) is 8.42 Å². The van der Waals surface area contributed by atoms with E-state index in [0.717, 1.165) is 12.5 Å². The maximum atomic E-state index is 14.0. The highest BCUT2D eigenvalue weighted by Gasteiger charge is 2.87. The summed E-state index contributed by atoms with van der Waals surface area (Å²) in [6.07, 6.45) is -5.14. The molecule has 0 aliphatic carbocycles. The van der Waals surface area contributed by atoms with Crippen molar-refractivity contribution in [3.05, 3.63) is 42.0 Å². The van der Waals surface area contributed by atoms with Gasteiger partial charge in [0.1, 0.15) is 0 Å². The van der Waals surface area contributed by atoms with Gasteiger partial charge >= 0.3 is 33.4 Å². The van der Waals surface area contributed by atoms with Gasteiger partial charge in [0, 0.05) is 28.2 Å². The second kappa shape index (κ2) is 7.44. The molecule has 0 unspecified atom stereocenters. The Hall–Kier alpha value is -1.67. The number of halogens is 9. The Labute approximate surface area is 172 Å². The quantitative estimate of drug-likeness (QED) is 0.263. The fourth-order valence-corrected chi connectivity index (χ4v) is 6.94. The van der Waals surface area contributed by atoms with Gasteiger partial charge in [0.05, 0.1) is 4.90 Å². The first-order chi connectivity index (χ1) is 13.7. The molecule has 0 aliphatic rings. The van der Waals surface area contributed by atoms with Gasteiger partial charge in [0.2, 0.25) is 0 Å². The van der Waals surface area contributed by atoms with E-state index in [4.69, 9.17) is 0 Å². The molecule has 0 aliphatic heterocycles. The molecule has 0 fully saturated rings. The van der Waals surface area contributed by atoms with Gasteiger partial charge in [-0.25, -0.2) is 0 Å². The predicted molar refractivity (Wildman–Crippen MR) is 98.8 cm³/mol. The molecule has 0 amide bonds. The van der Waals surface area contributed by atoms with E-state index >= 15 is 0 Å². The van der Waals surface area contributed by atoms with Gasteiger partial charge in [-0.3, -0.25) is 3.63 Å². The van der Waals surface area contributed by atoms with Crippen LogP contribution in [0, 0.1) is 6.92 Å². The minimum Gasteiger partial charge on any atom is -0.264 e. The highest BCUT2D eigenvalue weighted by molar-refractivity contribution is 8.31. The van der Waals surface area contributed by atoms with E-state index in [-0.39, 0.29) is 4.90 Å². The summed E-state index contributed by atoms with van der Waals surface area (Å²) in [5, 5.41) is -5.96. The number of alkyl halides is 9. The molecule has 176 valence electrons. The average molecular weight is 503 g/mol. The highest BCUT2D eigenvalue weighted by Crippen LogP contribution is 2.58. The first-order valence-electron chi connectivity index (χ1n) is 8.11. The number of fused-ring (bicyclic) bond motifs is 1. The van der Waals surface area contributed by atoms with Crippen molar-refractivity contribution in [2.24, 2.45) is 0 Å². The summed E-state index contributed by atoms with van der Waals surface area (Å²) < 4.78 is 145. The number of hydrogen-bond acceptors (Lipinski definition) is 2. The summed E-state index contributed by atoms with van der Waals surface area (Å²) in [5.41, 5.74) is 0.694. The normalized spacial score (nSPS) is 15.4. The molecule has 0 saturated heterocycles. The molecule has 0 spiro atoms. The fraction of sp³-hybridized carbons (Fsp3) is 0.412. The molecule has 1 N–H and O–H groups in total. The molecule has 0 bridgehead atoms. The summed E-state index contributed by atoms with van der Waals surface area (Å²) in [5.74, 6) is -14.6. The Bertz CT molecular complexity index is 1090. The topological polar surface area (TPSA) is 46.9 Å². The number of aryl methyl sites for hydroxylation is 1. The van der Waals surface area contributed by atoms with E-state index in [1.54, 1.807) is 19.1 Å². The Balaban J connectivity index is 2.58. The minimum atomic E-state index is -7.33. The van der Waals surface area contributed by atoms with Crippen LogP contribution in [0.15, 0.2) is 41.3 Å². The summed E-state index contributed by atoms with van der Waals surface area (Å²) in [6.45, 7) is 1.68. The number of hydrogen-bond donors (Lipinski definition) is 0. The molecular weight excluding hydrogens is 487 g/mol. The first-order valence-corrected chi connectivity index (χ1v) is 12.0. The summed E-state index contributed by atoms with van der Waals surface area (Å²) in [6, 6.07) is 8.97. The van der Waals surface area contributed by atoms with Gasteiger partial charge in [-0.2, -0.15) is 39.5 Å². The van der Waals surface area contributed by atoms with Crippen LogP contribution in [0.3, 0.4) is 0 Å². The largest absolute Gasteiger partial charge is 0.486 e. The third kappa shape index (κ3) is 3.97. The Morgan fingerprint density at radius 3 is 1.71 bits per heavy atom. The standard InChI is InChI=1S/C17H15F9O3S2/c1-10-8-9-13(12-7-5-4-6-11(10)12)30(2,3)29-31(27,28)17(25,26)15(20,21)14(18,19)16(22,23)24/h4-9H,1-3H3/p+1. The van der Waals surface area contributed by atoms with Crippen LogP contribution in [0.2, 0.25) is 0 Å². The molecule has 2 aromatic rings. The Morgan fingerprint density at radius 2 is 1.23 bits per heavy atom. The zero-order valence-electron chi connectivity index (χ0n) is 15.9. The molecule has 2 rings (SSSR count). The smallest absolute Gasteiger partial charge is 0.264 e. The molecule has 0 heterocycles. The van der Waals surface area contributed by atoms with E-state index < -0.39 is 43.7 Å². The molecule has 31 heavy (non-hydrogen) atoms. The van der Waals surface area contributed by atoms with Crippen molar-refractivity contribution in [1.82, 2.24) is 0 Å². The van der Waals surface area contributed by atoms with E-state index in [9.17, 15) is 47.9 Å². The molecular formula is C17H16F9O3S2+. The van der Waals surface area contributed by atoms with Crippen LogP contribution in [0.4, 0.5) is 39.5 Å². The van der Waals surface area contributed by atoms with Crippen LogP contribution >= 0.6 is 10.3 Å². The number of benzene rings is 2. The second-order valence-corrected chi connectivity index (χ2v) is 12.0. The Kier molecular flexibility index (Phi) is 6.14. The minimum absolute atomic E-state index is 0.0268.